The Hall–Kier alpha value is -0.570. The van der Waals surface area contributed by atoms with Crippen molar-refractivity contribution < 1.29 is 4.79 Å². The van der Waals surface area contributed by atoms with Gasteiger partial charge in [-0.3, -0.25) is 4.79 Å². The Morgan fingerprint density at radius 2 is 1.71 bits per heavy atom. The fourth-order valence-corrected chi connectivity index (χ4v) is 1.82. The Balaban J connectivity index is 4.28. The number of carbonyl (C=O) groups excluding carboxylic acids is 1. The van der Waals surface area contributed by atoms with Gasteiger partial charge in [-0.2, -0.15) is 0 Å². The van der Waals surface area contributed by atoms with E-state index in [-0.39, 0.29) is 16.9 Å². The molecule has 1 atom stereocenters. The number of hydrogen-bond donors (Lipinski definition) is 2. The monoisotopic (exact) mass is 200 g/mol. The molecule has 0 saturated carbocycles. The summed E-state index contributed by atoms with van der Waals surface area (Å²) in [5, 5.41) is 2.95. The van der Waals surface area contributed by atoms with Crippen LogP contribution in [0.2, 0.25) is 0 Å². The molecule has 0 aromatic heterocycles. The molecule has 0 unspecified atom stereocenters. The Kier molecular flexibility index (Phi) is 4.13. The van der Waals surface area contributed by atoms with Crippen LogP contribution in [0.25, 0.3) is 0 Å². The predicted octanol–water partition coefficient (Wildman–Crippen LogP) is 1.66. The standard InChI is InChI=1S/C11H24N2O/c1-8(12)9(14)13-11(5,6)7-10(2,3)4/h8H,7,12H2,1-6H3,(H,13,14)/t8-/m1/s1. The largest absolute Gasteiger partial charge is 0.350 e. The number of nitrogens with two attached hydrogens (primary N) is 1. The van der Waals surface area contributed by atoms with E-state index in [9.17, 15) is 4.79 Å². The maximum absolute atomic E-state index is 11.4. The molecular formula is C11H24N2O. The fraction of sp³-hybridized carbons (Fsp3) is 0.909. The predicted molar refractivity (Wildman–Crippen MR) is 59.9 cm³/mol. The highest BCUT2D eigenvalue weighted by atomic mass is 16.2. The van der Waals surface area contributed by atoms with E-state index in [1.54, 1.807) is 6.92 Å². The number of nitrogens with one attached hydrogen (secondary N) is 1. The second kappa shape index (κ2) is 4.30. The smallest absolute Gasteiger partial charge is 0.237 e. The molecular weight excluding hydrogens is 176 g/mol. The lowest BCUT2D eigenvalue weighted by Gasteiger charge is -2.33. The van der Waals surface area contributed by atoms with E-state index in [1.807, 2.05) is 13.8 Å². The van der Waals surface area contributed by atoms with E-state index in [0.717, 1.165) is 6.42 Å². The minimum Gasteiger partial charge on any atom is -0.350 e. The van der Waals surface area contributed by atoms with Crippen LogP contribution >= 0.6 is 0 Å². The summed E-state index contributed by atoms with van der Waals surface area (Å²) in [5.74, 6) is -0.0840. The summed E-state index contributed by atoms with van der Waals surface area (Å²) in [6.45, 7) is 12.2. The molecule has 0 aromatic rings. The molecule has 0 rings (SSSR count). The van der Waals surface area contributed by atoms with Crippen molar-refractivity contribution in [1.29, 1.82) is 0 Å². The van der Waals surface area contributed by atoms with E-state index >= 15 is 0 Å². The molecule has 1 amide bonds. The van der Waals surface area contributed by atoms with E-state index < -0.39 is 6.04 Å². The van der Waals surface area contributed by atoms with Crippen LogP contribution < -0.4 is 11.1 Å². The lowest BCUT2D eigenvalue weighted by molar-refractivity contribution is -0.123. The number of hydrogen-bond acceptors (Lipinski definition) is 2. The number of rotatable bonds is 3. The summed E-state index contributed by atoms with van der Waals surface area (Å²) in [5.41, 5.74) is 5.51. The van der Waals surface area contributed by atoms with Crippen molar-refractivity contribution in [3.8, 4) is 0 Å². The van der Waals surface area contributed by atoms with Gasteiger partial charge >= 0.3 is 0 Å². The normalized spacial score (nSPS) is 15.1. The maximum Gasteiger partial charge on any atom is 0.237 e. The van der Waals surface area contributed by atoms with Crippen molar-refractivity contribution >= 4 is 5.91 Å². The van der Waals surface area contributed by atoms with Gasteiger partial charge in [-0.25, -0.2) is 0 Å². The second-order valence-electron chi connectivity index (χ2n) is 5.90. The van der Waals surface area contributed by atoms with Crippen molar-refractivity contribution in [3.05, 3.63) is 0 Å². The first-order chi connectivity index (χ1) is 6.03. The van der Waals surface area contributed by atoms with Crippen molar-refractivity contribution in [2.75, 3.05) is 0 Å². The third-order valence-electron chi connectivity index (χ3n) is 1.85. The van der Waals surface area contributed by atoms with Crippen molar-refractivity contribution in [1.82, 2.24) is 5.32 Å². The molecule has 0 aliphatic rings. The molecule has 0 heterocycles. The molecule has 3 heteroatoms. The van der Waals surface area contributed by atoms with Crippen LogP contribution in [0, 0.1) is 5.41 Å². The van der Waals surface area contributed by atoms with Gasteiger partial charge in [0.25, 0.3) is 0 Å². The summed E-state index contributed by atoms with van der Waals surface area (Å²) >= 11 is 0. The zero-order valence-corrected chi connectivity index (χ0v) is 10.3. The van der Waals surface area contributed by atoms with Gasteiger partial charge in [0, 0.05) is 5.54 Å². The minimum absolute atomic E-state index is 0.0840. The third-order valence-corrected chi connectivity index (χ3v) is 1.85. The zero-order chi connectivity index (χ0) is 11.6. The Morgan fingerprint density at radius 3 is 2.00 bits per heavy atom. The van der Waals surface area contributed by atoms with E-state index in [0.29, 0.717) is 0 Å². The Labute approximate surface area is 87.4 Å². The summed E-state index contributed by atoms with van der Waals surface area (Å²) in [6.07, 6.45) is 0.929. The highest BCUT2D eigenvalue weighted by molar-refractivity contribution is 5.81. The minimum atomic E-state index is -0.436. The molecule has 3 nitrogen and oxygen atoms in total. The quantitative estimate of drug-likeness (QED) is 0.728. The average Bonchev–Trinajstić information content (AvgIpc) is 1.78. The molecule has 0 spiro atoms. The molecule has 0 aliphatic heterocycles. The topological polar surface area (TPSA) is 55.1 Å². The number of carbonyl (C=O) groups is 1. The SMILES string of the molecule is C[C@@H](N)C(=O)NC(C)(C)CC(C)(C)C. The highest BCUT2D eigenvalue weighted by Crippen LogP contribution is 2.26. The van der Waals surface area contributed by atoms with E-state index in [2.05, 4.69) is 26.1 Å². The second-order valence-corrected chi connectivity index (χ2v) is 5.90. The van der Waals surface area contributed by atoms with Crippen LogP contribution in [0.15, 0.2) is 0 Å². The van der Waals surface area contributed by atoms with Crippen molar-refractivity contribution in [2.45, 2.75) is 59.5 Å². The van der Waals surface area contributed by atoms with Gasteiger partial charge in [-0.15, -0.1) is 0 Å². The molecule has 0 aliphatic carbocycles. The first-order valence-electron chi connectivity index (χ1n) is 5.11. The molecule has 0 fully saturated rings. The maximum atomic E-state index is 11.4. The molecule has 0 aromatic carbocycles. The van der Waals surface area contributed by atoms with Gasteiger partial charge in [-0.1, -0.05) is 20.8 Å². The van der Waals surface area contributed by atoms with Gasteiger partial charge in [0.2, 0.25) is 5.91 Å². The van der Waals surface area contributed by atoms with Crippen molar-refractivity contribution in [3.63, 3.8) is 0 Å². The average molecular weight is 200 g/mol. The fourth-order valence-electron chi connectivity index (χ4n) is 1.82. The van der Waals surface area contributed by atoms with Crippen LogP contribution in [0.1, 0.15) is 48.0 Å². The Morgan fingerprint density at radius 1 is 1.29 bits per heavy atom. The molecule has 3 N–H and O–H groups in total. The van der Waals surface area contributed by atoms with E-state index in [4.69, 9.17) is 5.73 Å². The van der Waals surface area contributed by atoms with Crippen molar-refractivity contribution in [2.24, 2.45) is 11.1 Å². The summed E-state index contributed by atoms with van der Waals surface area (Å²) < 4.78 is 0. The lowest BCUT2D eigenvalue weighted by Crippen LogP contribution is -2.50. The first kappa shape index (κ1) is 13.4. The summed E-state index contributed by atoms with van der Waals surface area (Å²) in [4.78, 5) is 11.4. The molecule has 0 bridgehead atoms. The van der Waals surface area contributed by atoms with Gasteiger partial charge in [-0.05, 0) is 32.6 Å². The molecule has 84 valence electrons. The zero-order valence-electron chi connectivity index (χ0n) is 10.3. The van der Waals surface area contributed by atoms with Crippen LogP contribution in [0.5, 0.6) is 0 Å². The third kappa shape index (κ3) is 5.97. The Bertz CT molecular complexity index is 202. The summed E-state index contributed by atoms with van der Waals surface area (Å²) in [7, 11) is 0. The number of amides is 1. The molecule has 0 saturated heterocycles. The summed E-state index contributed by atoms with van der Waals surface area (Å²) in [6, 6.07) is -0.436. The molecule has 14 heavy (non-hydrogen) atoms. The highest BCUT2D eigenvalue weighted by Gasteiger charge is 2.27. The first-order valence-corrected chi connectivity index (χ1v) is 5.11. The molecule has 0 radical (unpaired) electrons. The lowest BCUT2D eigenvalue weighted by atomic mass is 9.81. The van der Waals surface area contributed by atoms with Crippen LogP contribution in [0.4, 0.5) is 0 Å². The van der Waals surface area contributed by atoms with Crippen LogP contribution in [-0.4, -0.2) is 17.5 Å². The van der Waals surface area contributed by atoms with E-state index in [1.165, 1.54) is 0 Å². The van der Waals surface area contributed by atoms with Crippen LogP contribution in [-0.2, 0) is 4.79 Å². The van der Waals surface area contributed by atoms with Crippen LogP contribution in [0.3, 0.4) is 0 Å². The van der Waals surface area contributed by atoms with Gasteiger partial charge in [0.15, 0.2) is 0 Å². The van der Waals surface area contributed by atoms with Gasteiger partial charge < -0.3 is 11.1 Å². The van der Waals surface area contributed by atoms with Gasteiger partial charge in [0.05, 0.1) is 6.04 Å². The van der Waals surface area contributed by atoms with Gasteiger partial charge in [0.1, 0.15) is 0 Å².